The van der Waals surface area contributed by atoms with Gasteiger partial charge in [0.2, 0.25) is 0 Å². The molecule has 8 heteroatoms. The third-order valence-corrected chi connectivity index (χ3v) is 7.23. The SMILES string of the molecule is Cc1cccc(C(=O)N2C3CCC2C(Cc2ncc(C(F)(F)F)cn2)C3)c1I. The van der Waals surface area contributed by atoms with Crippen LogP contribution in [-0.4, -0.2) is 32.9 Å². The molecule has 2 aliphatic rings. The van der Waals surface area contributed by atoms with Gasteiger partial charge in [0.25, 0.3) is 5.91 Å². The number of hydrogen-bond donors (Lipinski definition) is 0. The molecule has 3 unspecified atom stereocenters. The van der Waals surface area contributed by atoms with Gasteiger partial charge in [-0.2, -0.15) is 13.2 Å². The smallest absolute Gasteiger partial charge is 0.332 e. The summed E-state index contributed by atoms with van der Waals surface area (Å²) in [4.78, 5) is 23.0. The van der Waals surface area contributed by atoms with E-state index >= 15 is 0 Å². The maximum Gasteiger partial charge on any atom is 0.419 e. The predicted octanol–water partition coefficient (Wildman–Crippen LogP) is 4.64. The number of hydrogen-bond acceptors (Lipinski definition) is 3. The standard InChI is InChI=1S/C20H19F3IN3O/c1-11-3-2-4-15(18(11)24)19(28)27-14-5-6-16(27)12(7-14)8-17-25-9-13(10-26-17)20(21,22)23/h2-4,9-10,12,14,16H,5-8H2,1H3. The van der Waals surface area contributed by atoms with E-state index in [0.717, 1.165) is 46.4 Å². The van der Waals surface area contributed by atoms with Crippen molar-refractivity contribution in [1.29, 1.82) is 0 Å². The van der Waals surface area contributed by atoms with Crippen molar-refractivity contribution in [3.05, 3.63) is 56.7 Å². The summed E-state index contributed by atoms with van der Waals surface area (Å²) in [5.41, 5.74) is 0.964. The third kappa shape index (κ3) is 3.51. The summed E-state index contributed by atoms with van der Waals surface area (Å²) in [5, 5.41) is 0. The van der Waals surface area contributed by atoms with E-state index in [0.29, 0.717) is 12.2 Å². The van der Waals surface area contributed by atoms with E-state index in [9.17, 15) is 18.0 Å². The van der Waals surface area contributed by atoms with Gasteiger partial charge in [-0.05, 0) is 66.3 Å². The number of carbonyl (C=O) groups excluding carboxylic acids is 1. The molecule has 4 nitrogen and oxygen atoms in total. The Bertz CT molecular complexity index is 901. The van der Waals surface area contributed by atoms with Crippen LogP contribution in [0.4, 0.5) is 13.2 Å². The van der Waals surface area contributed by atoms with Gasteiger partial charge in [-0.1, -0.05) is 12.1 Å². The normalized spacial score (nSPS) is 24.0. The second kappa shape index (κ2) is 7.27. The van der Waals surface area contributed by atoms with Gasteiger partial charge in [-0.25, -0.2) is 9.97 Å². The van der Waals surface area contributed by atoms with Gasteiger partial charge in [0.1, 0.15) is 5.82 Å². The molecule has 4 rings (SSSR count). The summed E-state index contributed by atoms with van der Waals surface area (Å²) >= 11 is 2.21. The van der Waals surface area contributed by atoms with Gasteiger partial charge in [0.15, 0.2) is 0 Å². The molecule has 0 aliphatic carbocycles. The average Bonchev–Trinajstić information content (AvgIpc) is 3.21. The van der Waals surface area contributed by atoms with Crippen molar-refractivity contribution in [3.63, 3.8) is 0 Å². The van der Waals surface area contributed by atoms with Crippen LogP contribution in [0.15, 0.2) is 30.6 Å². The van der Waals surface area contributed by atoms with Crippen LogP contribution in [0, 0.1) is 16.4 Å². The van der Waals surface area contributed by atoms with E-state index in [-0.39, 0.29) is 23.9 Å². The summed E-state index contributed by atoms with van der Waals surface area (Å²) in [7, 11) is 0. The number of nitrogens with zero attached hydrogens (tertiary/aromatic N) is 3. The molecule has 1 amide bonds. The highest BCUT2D eigenvalue weighted by molar-refractivity contribution is 14.1. The molecule has 3 heterocycles. The molecule has 0 spiro atoms. The van der Waals surface area contributed by atoms with Gasteiger partial charge in [-0.3, -0.25) is 4.79 Å². The quantitative estimate of drug-likeness (QED) is 0.576. The van der Waals surface area contributed by atoms with Crippen LogP contribution in [-0.2, 0) is 12.6 Å². The molecule has 1 aromatic carbocycles. The van der Waals surface area contributed by atoms with Crippen molar-refractivity contribution in [2.24, 2.45) is 5.92 Å². The van der Waals surface area contributed by atoms with Crippen molar-refractivity contribution >= 4 is 28.5 Å². The Kier molecular flexibility index (Phi) is 5.09. The molecule has 2 saturated heterocycles. The number of halogens is 4. The fourth-order valence-electron chi connectivity index (χ4n) is 4.44. The molecular formula is C20H19F3IN3O. The van der Waals surface area contributed by atoms with E-state index in [2.05, 4.69) is 32.6 Å². The summed E-state index contributed by atoms with van der Waals surface area (Å²) in [6, 6.07) is 6.04. The second-order valence-corrected chi connectivity index (χ2v) is 8.61. The van der Waals surface area contributed by atoms with Crippen molar-refractivity contribution < 1.29 is 18.0 Å². The molecule has 0 saturated carbocycles. The molecule has 2 bridgehead atoms. The first kappa shape index (κ1) is 19.6. The fourth-order valence-corrected chi connectivity index (χ4v) is 5.03. The zero-order chi connectivity index (χ0) is 20.1. The maximum atomic E-state index is 13.2. The molecule has 2 aliphatic heterocycles. The van der Waals surface area contributed by atoms with Crippen LogP contribution in [0.1, 0.15) is 46.6 Å². The maximum absolute atomic E-state index is 13.2. The predicted molar refractivity (Wildman–Crippen MR) is 106 cm³/mol. The molecule has 2 aromatic rings. The molecule has 2 fully saturated rings. The Labute approximate surface area is 174 Å². The van der Waals surface area contributed by atoms with Crippen LogP contribution >= 0.6 is 22.6 Å². The Morgan fingerprint density at radius 2 is 1.96 bits per heavy atom. The summed E-state index contributed by atoms with van der Waals surface area (Å²) in [6.07, 6.45) is 0.491. The monoisotopic (exact) mass is 501 g/mol. The van der Waals surface area contributed by atoms with Crippen LogP contribution in [0.5, 0.6) is 0 Å². The lowest BCUT2D eigenvalue weighted by atomic mass is 9.86. The van der Waals surface area contributed by atoms with Gasteiger partial charge in [0.05, 0.1) is 11.1 Å². The van der Waals surface area contributed by atoms with E-state index in [1.165, 1.54) is 0 Å². The van der Waals surface area contributed by atoms with E-state index in [1.807, 2.05) is 30.0 Å². The van der Waals surface area contributed by atoms with E-state index in [4.69, 9.17) is 0 Å². The lowest BCUT2D eigenvalue weighted by molar-refractivity contribution is -0.138. The molecule has 3 atom stereocenters. The number of rotatable bonds is 3. The Hall–Kier alpha value is -1.71. The molecule has 0 radical (unpaired) electrons. The summed E-state index contributed by atoms with van der Waals surface area (Å²) in [5.74, 6) is 0.640. The lowest BCUT2D eigenvalue weighted by Gasteiger charge is -2.25. The first-order chi connectivity index (χ1) is 13.3. The Morgan fingerprint density at radius 3 is 2.64 bits per heavy atom. The second-order valence-electron chi connectivity index (χ2n) is 7.53. The van der Waals surface area contributed by atoms with Crippen molar-refractivity contribution in [3.8, 4) is 0 Å². The van der Waals surface area contributed by atoms with Crippen molar-refractivity contribution in [2.45, 2.75) is 50.9 Å². The van der Waals surface area contributed by atoms with Crippen LogP contribution in [0.3, 0.4) is 0 Å². The molecule has 1 aromatic heterocycles. The van der Waals surface area contributed by atoms with Crippen molar-refractivity contribution in [2.75, 3.05) is 0 Å². The highest BCUT2D eigenvalue weighted by Crippen LogP contribution is 2.44. The Balaban J connectivity index is 1.51. The molecule has 28 heavy (non-hydrogen) atoms. The third-order valence-electron chi connectivity index (χ3n) is 5.80. The fraction of sp³-hybridized carbons (Fsp3) is 0.450. The number of carbonyl (C=O) groups is 1. The van der Waals surface area contributed by atoms with Crippen LogP contribution in [0.2, 0.25) is 0 Å². The van der Waals surface area contributed by atoms with E-state index in [1.54, 1.807) is 0 Å². The van der Waals surface area contributed by atoms with Gasteiger partial charge < -0.3 is 4.90 Å². The Morgan fingerprint density at radius 1 is 1.25 bits per heavy atom. The van der Waals surface area contributed by atoms with Gasteiger partial charge in [-0.15, -0.1) is 0 Å². The zero-order valence-electron chi connectivity index (χ0n) is 15.2. The average molecular weight is 501 g/mol. The molecule has 0 N–H and O–H groups in total. The van der Waals surface area contributed by atoms with Gasteiger partial charge >= 0.3 is 6.18 Å². The minimum atomic E-state index is -4.43. The van der Waals surface area contributed by atoms with E-state index < -0.39 is 11.7 Å². The highest BCUT2D eigenvalue weighted by Gasteiger charge is 2.48. The number of amides is 1. The van der Waals surface area contributed by atoms with Crippen molar-refractivity contribution in [1.82, 2.24) is 14.9 Å². The number of aromatic nitrogens is 2. The minimum Gasteiger partial charge on any atom is -0.332 e. The number of aryl methyl sites for hydroxylation is 1. The minimum absolute atomic E-state index is 0.0523. The zero-order valence-corrected chi connectivity index (χ0v) is 17.4. The first-order valence-corrected chi connectivity index (χ1v) is 10.3. The van der Waals surface area contributed by atoms with Crippen LogP contribution in [0.25, 0.3) is 0 Å². The topological polar surface area (TPSA) is 46.1 Å². The number of benzene rings is 1. The lowest BCUT2D eigenvalue weighted by Crippen LogP contribution is -2.37. The molecule has 148 valence electrons. The largest absolute Gasteiger partial charge is 0.419 e. The summed E-state index contributed by atoms with van der Waals surface area (Å²) in [6.45, 7) is 1.99. The first-order valence-electron chi connectivity index (χ1n) is 9.21. The number of alkyl halides is 3. The number of fused-ring (bicyclic) bond motifs is 2. The molecular weight excluding hydrogens is 482 g/mol. The van der Waals surface area contributed by atoms with Crippen LogP contribution < -0.4 is 0 Å². The summed E-state index contributed by atoms with van der Waals surface area (Å²) < 4.78 is 39.0. The van der Waals surface area contributed by atoms with Gasteiger partial charge in [0, 0.05) is 34.5 Å². The highest BCUT2D eigenvalue weighted by atomic mass is 127.